The van der Waals surface area contributed by atoms with Crippen LogP contribution in [0.5, 0.6) is 0 Å². The number of rotatable bonds is 6. The van der Waals surface area contributed by atoms with Crippen molar-refractivity contribution < 1.29 is 18.8 Å². The van der Waals surface area contributed by atoms with E-state index in [1.165, 1.54) is 12.1 Å². The average Bonchev–Trinajstić information content (AvgIpc) is 2.53. The van der Waals surface area contributed by atoms with Gasteiger partial charge in [-0.25, -0.2) is 0 Å². The molecule has 0 aromatic heterocycles. The third-order valence-electron chi connectivity index (χ3n) is 3.90. The second-order valence-corrected chi connectivity index (χ2v) is 5.44. The van der Waals surface area contributed by atoms with Crippen molar-refractivity contribution in [3.05, 3.63) is 34.1 Å². The van der Waals surface area contributed by atoms with E-state index < -0.39 is 16.4 Å². The number of anilines is 1. The van der Waals surface area contributed by atoms with Crippen molar-refractivity contribution in [2.75, 3.05) is 32.1 Å². The summed E-state index contributed by atoms with van der Waals surface area (Å²) in [4.78, 5) is 23.9. The van der Waals surface area contributed by atoms with Crippen LogP contribution in [0.3, 0.4) is 0 Å². The maximum Gasteiger partial charge on any atom is 0.327 e. The highest BCUT2D eigenvalue weighted by molar-refractivity contribution is 5.76. The van der Waals surface area contributed by atoms with Gasteiger partial charge in [0, 0.05) is 26.2 Å². The number of hydrogen-bond donors (Lipinski definition) is 1. The van der Waals surface area contributed by atoms with E-state index in [4.69, 9.17) is 4.74 Å². The Kier molecular flexibility index (Phi) is 5.86. The molecule has 1 heterocycles. The minimum absolute atomic E-state index is 0.0259. The molecular formula is C15H20FN3O4. The number of carbonyl (C=O) groups excluding carboxylic acids is 1. The predicted molar refractivity (Wildman–Crippen MR) is 82.8 cm³/mol. The fourth-order valence-electron chi connectivity index (χ4n) is 2.66. The Bertz CT molecular complexity index is 574. The number of benzene rings is 1. The molecule has 0 saturated carbocycles. The molecule has 1 fully saturated rings. The van der Waals surface area contributed by atoms with Gasteiger partial charge in [0.2, 0.25) is 11.7 Å². The Labute approximate surface area is 133 Å². The summed E-state index contributed by atoms with van der Waals surface area (Å²) in [5, 5.41) is 14.0. The van der Waals surface area contributed by atoms with Crippen LogP contribution >= 0.6 is 0 Å². The van der Waals surface area contributed by atoms with Crippen molar-refractivity contribution in [1.29, 1.82) is 0 Å². The number of hydrogen-bond acceptors (Lipinski definition) is 5. The molecule has 0 bridgehead atoms. The van der Waals surface area contributed by atoms with Crippen molar-refractivity contribution in [2.24, 2.45) is 0 Å². The van der Waals surface area contributed by atoms with Crippen molar-refractivity contribution in [2.45, 2.75) is 25.3 Å². The van der Waals surface area contributed by atoms with Crippen LogP contribution in [0.15, 0.2) is 18.2 Å². The summed E-state index contributed by atoms with van der Waals surface area (Å²) in [6, 6.07) is 3.98. The number of nitrogens with one attached hydrogen (secondary N) is 1. The van der Waals surface area contributed by atoms with Crippen molar-refractivity contribution in [3.63, 3.8) is 0 Å². The number of nitro groups is 1. The lowest BCUT2D eigenvalue weighted by atomic mass is 10.0. The first-order valence-electron chi connectivity index (χ1n) is 7.49. The summed E-state index contributed by atoms with van der Waals surface area (Å²) in [5.74, 6) is -0.811. The molecule has 1 saturated heterocycles. The number of ether oxygens (including phenoxy) is 1. The Morgan fingerprint density at radius 2 is 2.17 bits per heavy atom. The Hall–Kier alpha value is -2.22. The molecule has 1 aliphatic heterocycles. The number of likely N-dealkylation sites (tertiary alicyclic amines) is 1. The largest absolute Gasteiger partial charge is 0.384 e. The number of amides is 1. The molecular weight excluding hydrogens is 305 g/mol. The van der Waals surface area contributed by atoms with E-state index in [-0.39, 0.29) is 17.6 Å². The molecule has 1 aromatic carbocycles. The molecule has 0 atom stereocenters. The third-order valence-corrected chi connectivity index (χ3v) is 3.90. The highest BCUT2D eigenvalue weighted by Gasteiger charge is 2.26. The van der Waals surface area contributed by atoms with Gasteiger partial charge in [-0.3, -0.25) is 14.9 Å². The van der Waals surface area contributed by atoms with E-state index in [0.717, 1.165) is 6.07 Å². The normalized spacial score (nSPS) is 15.5. The van der Waals surface area contributed by atoms with E-state index in [2.05, 4.69) is 5.32 Å². The van der Waals surface area contributed by atoms with Gasteiger partial charge in [-0.15, -0.1) is 0 Å². The van der Waals surface area contributed by atoms with Crippen LogP contribution in [0.2, 0.25) is 0 Å². The van der Waals surface area contributed by atoms with Gasteiger partial charge in [-0.1, -0.05) is 6.07 Å². The fraction of sp³-hybridized carbons (Fsp3) is 0.533. The molecule has 23 heavy (non-hydrogen) atoms. The predicted octanol–water partition coefficient (Wildman–Crippen LogP) is 2.17. The lowest BCUT2D eigenvalue weighted by Gasteiger charge is -2.32. The van der Waals surface area contributed by atoms with Gasteiger partial charge in [0.15, 0.2) is 0 Å². The molecule has 1 N–H and O–H groups in total. The van der Waals surface area contributed by atoms with E-state index in [1.54, 1.807) is 12.0 Å². The second kappa shape index (κ2) is 7.87. The average molecular weight is 325 g/mol. The van der Waals surface area contributed by atoms with Crippen molar-refractivity contribution >= 4 is 17.3 Å². The second-order valence-electron chi connectivity index (χ2n) is 5.44. The van der Waals surface area contributed by atoms with Crippen LogP contribution < -0.4 is 5.32 Å². The summed E-state index contributed by atoms with van der Waals surface area (Å²) < 4.78 is 18.5. The molecule has 0 radical (unpaired) electrons. The maximum absolute atomic E-state index is 13.6. The minimum Gasteiger partial charge on any atom is -0.384 e. The molecule has 0 aliphatic carbocycles. The lowest BCUT2D eigenvalue weighted by Crippen LogP contribution is -2.42. The van der Waals surface area contributed by atoms with E-state index in [9.17, 15) is 19.3 Å². The molecule has 1 aromatic rings. The number of piperidine rings is 1. The van der Waals surface area contributed by atoms with Crippen LogP contribution in [0.1, 0.15) is 19.3 Å². The Balaban J connectivity index is 1.94. The SMILES string of the molecule is COCCC(=O)N1CCC(Nc2cccc(F)c2[N+](=O)[O-])CC1. The molecule has 1 aliphatic rings. The Morgan fingerprint density at radius 1 is 1.48 bits per heavy atom. The summed E-state index contributed by atoms with van der Waals surface area (Å²) in [6.45, 7) is 1.54. The number of methoxy groups -OCH3 is 1. The maximum atomic E-state index is 13.6. The van der Waals surface area contributed by atoms with E-state index in [0.29, 0.717) is 39.0 Å². The van der Waals surface area contributed by atoms with Crippen LogP contribution in [0.4, 0.5) is 15.8 Å². The molecule has 126 valence electrons. The monoisotopic (exact) mass is 325 g/mol. The third kappa shape index (κ3) is 4.38. The van der Waals surface area contributed by atoms with Crippen LogP contribution in [-0.4, -0.2) is 48.6 Å². The highest BCUT2D eigenvalue weighted by atomic mass is 19.1. The molecule has 8 heteroatoms. The van der Waals surface area contributed by atoms with Gasteiger partial charge in [-0.2, -0.15) is 4.39 Å². The first-order chi connectivity index (χ1) is 11.0. The summed E-state index contributed by atoms with van der Waals surface area (Å²) in [7, 11) is 1.55. The first kappa shape index (κ1) is 17.1. The zero-order valence-electron chi connectivity index (χ0n) is 13.0. The number of nitro benzene ring substituents is 1. The van der Waals surface area contributed by atoms with Gasteiger partial charge < -0.3 is 15.0 Å². The molecule has 1 amide bonds. The summed E-state index contributed by atoms with van der Waals surface area (Å²) in [6.07, 6.45) is 1.67. The van der Waals surface area contributed by atoms with Gasteiger partial charge in [-0.05, 0) is 25.0 Å². The first-order valence-corrected chi connectivity index (χ1v) is 7.49. The topological polar surface area (TPSA) is 84.7 Å². The molecule has 7 nitrogen and oxygen atoms in total. The van der Waals surface area contributed by atoms with Gasteiger partial charge in [0.1, 0.15) is 5.69 Å². The Morgan fingerprint density at radius 3 is 2.78 bits per heavy atom. The number of nitrogens with zero attached hydrogens (tertiary/aromatic N) is 2. The van der Waals surface area contributed by atoms with Crippen LogP contribution in [-0.2, 0) is 9.53 Å². The van der Waals surface area contributed by atoms with Gasteiger partial charge in [0.25, 0.3) is 0 Å². The van der Waals surface area contributed by atoms with Gasteiger partial charge >= 0.3 is 5.69 Å². The van der Waals surface area contributed by atoms with Gasteiger partial charge in [0.05, 0.1) is 18.0 Å². The number of carbonyl (C=O) groups is 1. The van der Waals surface area contributed by atoms with Crippen LogP contribution in [0.25, 0.3) is 0 Å². The quantitative estimate of drug-likeness (QED) is 0.640. The minimum atomic E-state index is -0.854. The van der Waals surface area contributed by atoms with E-state index in [1.807, 2.05) is 0 Å². The molecule has 0 spiro atoms. The smallest absolute Gasteiger partial charge is 0.327 e. The number of para-hydroxylation sites is 1. The van der Waals surface area contributed by atoms with E-state index >= 15 is 0 Å². The lowest BCUT2D eigenvalue weighted by molar-refractivity contribution is -0.386. The summed E-state index contributed by atoms with van der Waals surface area (Å²) in [5.41, 5.74) is -0.356. The fourth-order valence-corrected chi connectivity index (χ4v) is 2.66. The summed E-state index contributed by atoms with van der Waals surface area (Å²) >= 11 is 0. The standard InChI is InChI=1S/C15H20FN3O4/c1-23-10-7-14(20)18-8-5-11(6-9-18)17-13-4-2-3-12(16)15(13)19(21)22/h2-4,11,17H,5-10H2,1H3. The molecule has 2 rings (SSSR count). The van der Waals surface area contributed by atoms with Crippen molar-refractivity contribution in [3.8, 4) is 0 Å². The van der Waals surface area contributed by atoms with Crippen molar-refractivity contribution in [1.82, 2.24) is 4.90 Å². The zero-order chi connectivity index (χ0) is 16.8. The van der Waals surface area contributed by atoms with Crippen LogP contribution in [0, 0.1) is 15.9 Å². The number of halogens is 1. The highest BCUT2D eigenvalue weighted by Crippen LogP contribution is 2.29. The molecule has 0 unspecified atom stereocenters. The zero-order valence-corrected chi connectivity index (χ0v) is 13.0.